The maximum atomic E-state index is 11.7. The number of carboxylic acid groups (broad SMARTS) is 1. The van der Waals surface area contributed by atoms with Gasteiger partial charge in [-0.2, -0.15) is 0 Å². The molecule has 6 heteroatoms. The number of hydrogen-bond acceptors (Lipinski definition) is 2. The first-order valence-electron chi connectivity index (χ1n) is 6.06. The summed E-state index contributed by atoms with van der Waals surface area (Å²) in [6.45, 7) is 1.66. The highest BCUT2D eigenvalue weighted by molar-refractivity contribution is 6.01. The van der Waals surface area contributed by atoms with Gasteiger partial charge in [0.25, 0.3) is 0 Å². The number of urea groups is 1. The van der Waals surface area contributed by atoms with Crippen LogP contribution in [0.15, 0.2) is 6.20 Å². The number of aromatic carboxylic acids is 1. The highest BCUT2D eigenvalue weighted by atomic mass is 16.4. The molecule has 1 aliphatic carbocycles. The molecule has 2 amide bonds. The zero-order valence-electron chi connectivity index (χ0n) is 10.2. The number of anilines is 1. The normalized spacial score (nSPS) is 15.6. The van der Waals surface area contributed by atoms with Crippen molar-refractivity contribution in [3.05, 3.63) is 17.5 Å². The van der Waals surface area contributed by atoms with Gasteiger partial charge in [-0.15, -0.1) is 0 Å². The molecule has 6 nitrogen and oxygen atoms in total. The first kappa shape index (κ1) is 12.5. The molecule has 1 aromatic heterocycles. The van der Waals surface area contributed by atoms with Gasteiger partial charge in [-0.3, -0.25) is 0 Å². The fourth-order valence-electron chi connectivity index (χ4n) is 2.31. The monoisotopic (exact) mass is 251 g/mol. The molecule has 1 aliphatic rings. The van der Waals surface area contributed by atoms with Gasteiger partial charge in [-0.05, 0) is 19.8 Å². The van der Waals surface area contributed by atoms with Crippen LogP contribution in [0.4, 0.5) is 10.5 Å². The number of carboxylic acids is 1. The summed E-state index contributed by atoms with van der Waals surface area (Å²) in [7, 11) is 0. The molecule has 4 N–H and O–H groups in total. The number of H-pyrrole nitrogens is 1. The zero-order valence-corrected chi connectivity index (χ0v) is 10.2. The lowest BCUT2D eigenvalue weighted by atomic mass is 10.2. The lowest BCUT2D eigenvalue weighted by molar-refractivity contribution is 0.0697. The van der Waals surface area contributed by atoms with Crippen molar-refractivity contribution < 1.29 is 14.7 Å². The largest absolute Gasteiger partial charge is 0.478 e. The van der Waals surface area contributed by atoms with Crippen molar-refractivity contribution in [2.45, 2.75) is 38.6 Å². The Hall–Kier alpha value is -1.98. The summed E-state index contributed by atoms with van der Waals surface area (Å²) in [5.41, 5.74) is 0.936. The van der Waals surface area contributed by atoms with Gasteiger partial charge in [0.1, 0.15) is 5.56 Å². The number of hydrogen-bond donors (Lipinski definition) is 4. The molecule has 0 aromatic carbocycles. The Balaban J connectivity index is 2.00. The second-order valence-electron chi connectivity index (χ2n) is 4.59. The fourth-order valence-corrected chi connectivity index (χ4v) is 2.31. The van der Waals surface area contributed by atoms with Crippen molar-refractivity contribution >= 4 is 17.7 Å². The summed E-state index contributed by atoms with van der Waals surface area (Å²) in [4.78, 5) is 25.6. The molecule has 0 bridgehead atoms. The fraction of sp³-hybridized carbons (Fsp3) is 0.500. The third kappa shape index (κ3) is 2.64. The van der Waals surface area contributed by atoms with E-state index in [-0.39, 0.29) is 17.6 Å². The summed E-state index contributed by atoms with van der Waals surface area (Å²) in [6, 6.07) is -0.137. The predicted molar refractivity (Wildman–Crippen MR) is 66.9 cm³/mol. The van der Waals surface area contributed by atoms with E-state index in [9.17, 15) is 9.59 Å². The Morgan fingerprint density at radius 2 is 2.06 bits per heavy atom. The van der Waals surface area contributed by atoms with Crippen molar-refractivity contribution in [2.75, 3.05) is 5.32 Å². The van der Waals surface area contributed by atoms with E-state index in [1.165, 1.54) is 6.20 Å². The van der Waals surface area contributed by atoms with Crippen LogP contribution in [0.5, 0.6) is 0 Å². The highest BCUT2D eigenvalue weighted by Gasteiger charge is 2.20. The number of aromatic amines is 1. The third-order valence-corrected chi connectivity index (χ3v) is 3.23. The van der Waals surface area contributed by atoms with Crippen LogP contribution in [0.2, 0.25) is 0 Å². The number of carbonyl (C=O) groups excluding carboxylic acids is 1. The van der Waals surface area contributed by atoms with E-state index in [4.69, 9.17) is 5.11 Å². The lowest BCUT2D eigenvalue weighted by Gasteiger charge is -2.12. The van der Waals surface area contributed by atoms with Crippen LogP contribution in [-0.4, -0.2) is 28.1 Å². The summed E-state index contributed by atoms with van der Waals surface area (Å²) >= 11 is 0. The minimum Gasteiger partial charge on any atom is -0.478 e. The van der Waals surface area contributed by atoms with E-state index >= 15 is 0 Å². The topological polar surface area (TPSA) is 94.2 Å². The minimum atomic E-state index is -1.05. The summed E-state index contributed by atoms with van der Waals surface area (Å²) < 4.78 is 0. The van der Waals surface area contributed by atoms with Crippen LogP contribution in [0.25, 0.3) is 0 Å². The van der Waals surface area contributed by atoms with Crippen LogP contribution < -0.4 is 10.6 Å². The number of aromatic nitrogens is 1. The highest BCUT2D eigenvalue weighted by Crippen LogP contribution is 2.20. The smallest absolute Gasteiger partial charge is 0.339 e. The van der Waals surface area contributed by atoms with E-state index in [1.807, 2.05) is 0 Å². The molecular formula is C12H17N3O3. The van der Waals surface area contributed by atoms with Crippen molar-refractivity contribution in [1.29, 1.82) is 0 Å². The molecule has 0 atom stereocenters. The molecule has 1 heterocycles. The second-order valence-corrected chi connectivity index (χ2v) is 4.59. The lowest BCUT2D eigenvalue weighted by Crippen LogP contribution is -2.36. The van der Waals surface area contributed by atoms with E-state index < -0.39 is 5.97 Å². The Morgan fingerprint density at radius 1 is 1.39 bits per heavy atom. The van der Waals surface area contributed by atoms with Crippen molar-refractivity contribution in [1.82, 2.24) is 10.3 Å². The van der Waals surface area contributed by atoms with E-state index in [0.717, 1.165) is 25.7 Å². The standard InChI is InChI=1S/C12H17N3O3/c1-7-10(11(16)17)9(6-13-7)15-12(18)14-8-4-2-3-5-8/h6,8,13H,2-5H2,1H3,(H,16,17)(H2,14,15,18). The molecule has 98 valence electrons. The van der Waals surface area contributed by atoms with Gasteiger partial charge in [-0.25, -0.2) is 9.59 Å². The molecule has 0 unspecified atom stereocenters. The number of nitrogens with one attached hydrogen (secondary N) is 3. The van der Waals surface area contributed by atoms with E-state index in [2.05, 4.69) is 15.6 Å². The summed E-state index contributed by atoms with van der Waals surface area (Å²) in [5.74, 6) is -1.05. The maximum Gasteiger partial charge on any atom is 0.339 e. The molecule has 1 aromatic rings. The molecule has 2 rings (SSSR count). The Kier molecular flexibility index (Phi) is 3.55. The van der Waals surface area contributed by atoms with Gasteiger partial charge in [0.05, 0.1) is 5.69 Å². The van der Waals surface area contributed by atoms with Crippen molar-refractivity contribution in [3.63, 3.8) is 0 Å². The average Bonchev–Trinajstić information content (AvgIpc) is 2.88. The van der Waals surface area contributed by atoms with Crippen LogP contribution >= 0.6 is 0 Å². The van der Waals surface area contributed by atoms with Crippen molar-refractivity contribution in [3.8, 4) is 0 Å². The maximum absolute atomic E-state index is 11.7. The first-order chi connectivity index (χ1) is 8.58. The Morgan fingerprint density at radius 3 is 2.67 bits per heavy atom. The number of aryl methyl sites for hydroxylation is 1. The van der Waals surface area contributed by atoms with E-state index in [1.54, 1.807) is 6.92 Å². The third-order valence-electron chi connectivity index (χ3n) is 3.23. The van der Waals surface area contributed by atoms with Gasteiger partial charge in [0.15, 0.2) is 0 Å². The predicted octanol–water partition coefficient (Wildman–Crippen LogP) is 2.09. The first-order valence-corrected chi connectivity index (χ1v) is 6.06. The van der Waals surface area contributed by atoms with Gasteiger partial charge < -0.3 is 20.7 Å². The van der Waals surface area contributed by atoms with Gasteiger partial charge >= 0.3 is 12.0 Å². The average molecular weight is 251 g/mol. The SMILES string of the molecule is Cc1[nH]cc(NC(=O)NC2CCCC2)c1C(=O)O. The minimum absolute atomic E-state index is 0.108. The van der Waals surface area contributed by atoms with Gasteiger partial charge in [0, 0.05) is 17.9 Å². The Labute approximate surface area is 105 Å². The molecule has 0 aliphatic heterocycles. The van der Waals surface area contributed by atoms with Crippen LogP contribution in [0, 0.1) is 6.92 Å². The van der Waals surface area contributed by atoms with E-state index in [0.29, 0.717) is 11.4 Å². The molecule has 0 radical (unpaired) electrons. The summed E-state index contributed by atoms with van der Waals surface area (Å²) in [5, 5.41) is 14.5. The van der Waals surface area contributed by atoms with Crippen LogP contribution in [0.1, 0.15) is 41.7 Å². The molecule has 0 spiro atoms. The Bertz CT molecular complexity index is 461. The van der Waals surface area contributed by atoms with Crippen LogP contribution in [-0.2, 0) is 0 Å². The van der Waals surface area contributed by atoms with Gasteiger partial charge in [0.2, 0.25) is 0 Å². The summed E-state index contributed by atoms with van der Waals surface area (Å²) in [6.07, 6.45) is 5.74. The molecule has 1 fully saturated rings. The number of amides is 2. The van der Waals surface area contributed by atoms with Gasteiger partial charge in [-0.1, -0.05) is 12.8 Å². The molecule has 18 heavy (non-hydrogen) atoms. The molecule has 0 saturated heterocycles. The molecular weight excluding hydrogens is 234 g/mol. The number of carbonyl (C=O) groups is 2. The van der Waals surface area contributed by atoms with Crippen LogP contribution in [0.3, 0.4) is 0 Å². The second kappa shape index (κ2) is 5.12. The van der Waals surface area contributed by atoms with Crippen molar-refractivity contribution in [2.24, 2.45) is 0 Å². The molecule has 1 saturated carbocycles. The number of rotatable bonds is 3. The quantitative estimate of drug-likeness (QED) is 0.662. The zero-order chi connectivity index (χ0) is 13.1.